The second-order valence-corrected chi connectivity index (χ2v) is 9.55. The third-order valence-corrected chi connectivity index (χ3v) is 8.58. The van der Waals surface area contributed by atoms with Crippen LogP contribution in [0.15, 0.2) is 30.4 Å². The molecule has 0 aliphatic heterocycles. The summed E-state index contributed by atoms with van der Waals surface area (Å²) in [5.41, 5.74) is 1.39. The first-order chi connectivity index (χ1) is 12.4. The van der Waals surface area contributed by atoms with Gasteiger partial charge in [0, 0.05) is 24.2 Å². The van der Waals surface area contributed by atoms with E-state index in [-0.39, 0.29) is 16.9 Å². The maximum atomic E-state index is 13.3. The van der Waals surface area contributed by atoms with Gasteiger partial charge in [-0.2, -0.15) is 0 Å². The van der Waals surface area contributed by atoms with Crippen LogP contribution < -0.4 is 0 Å². The van der Waals surface area contributed by atoms with Crippen molar-refractivity contribution in [2.75, 3.05) is 0 Å². The Morgan fingerprint density at radius 3 is 2.69 bits per heavy atom. The molecule has 1 aromatic heterocycles. The van der Waals surface area contributed by atoms with Crippen molar-refractivity contribution in [1.29, 1.82) is 0 Å². The summed E-state index contributed by atoms with van der Waals surface area (Å²) in [6, 6.07) is -0.0380. The van der Waals surface area contributed by atoms with E-state index in [0.717, 1.165) is 38.5 Å². The van der Waals surface area contributed by atoms with E-state index >= 15 is 0 Å². The molecular weight excluding hydrogens is 324 g/mol. The summed E-state index contributed by atoms with van der Waals surface area (Å²) < 4.78 is 2.02. The van der Waals surface area contributed by atoms with Crippen LogP contribution in [0.1, 0.15) is 64.8 Å². The lowest BCUT2D eigenvalue weighted by Gasteiger charge is -2.56. The topological polar surface area (TPSA) is 52.0 Å². The van der Waals surface area contributed by atoms with Crippen molar-refractivity contribution in [1.82, 2.24) is 9.55 Å². The van der Waals surface area contributed by atoms with Crippen LogP contribution in [-0.4, -0.2) is 21.1 Å². The van der Waals surface area contributed by atoms with Gasteiger partial charge in [0.2, 0.25) is 0 Å². The molecule has 0 saturated heterocycles. The molecule has 0 bridgehead atoms. The Bertz CT molecular complexity index is 795. The Kier molecular flexibility index (Phi) is 3.42. The van der Waals surface area contributed by atoms with Crippen LogP contribution in [0.3, 0.4) is 0 Å². The minimum atomic E-state index is -0.182. The first kappa shape index (κ1) is 16.5. The van der Waals surface area contributed by atoms with Crippen molar-refractivity contribution in [3.8, 4) is 0 Å². The van der Waals surface area contributed by atoms with E-state index in [0.29, 0.717) is 35.7 Å². The molecule has 1 heterocycles. The van der Waals surface area contributed by atoms with E-state index in [4.69, 9.17) is 0 Å². The van der Waals surface area contributed by atoms with Crippen LogP contribution in [0.25, 0.3) is 0 Å². The predicted molar refractivity (Wildman–Crippen MR) is 98.4 cm³/mol. The number of Topliss-reactive ketones (excluding diaryl/α,β-unsaturated/α-hetero) is 1. The number of aromatic nitrogens is 2. The lowest BCUT2D eigenvalue weighted by atomic mass is 9.47. The average molecular weight is 352 g/mol. The summed E-state index contributed by atoms with van der Waals surface area (Å²) in [6.07, 6.45) is 14.4. The van der Waals surface area contributed by atoms with Gasteiger partial charge in [-0.3, -0.25) is 9.59 Å². The Balaban J connectivity index is 1.50. The van der Waals surface area contributed by atoms with Gasteiger partial charge < -0.3 is 4.57 Å². The molecule has 5 rings (SSSR count). The SMILES string of the molecule is C[C@]12CCC(=O)C=C1CCC1C2CC[C@]2(C)C(=O)C(n3ccnc3)CC12. The molecule has 6 atom stereocenters. The standard InChI is InChI=1S/C22H28N2O2/c1-21-7-5-15(25)11-14(21)3-4-16-17(21)6-8-22(2)18(16)12-19(20(22)26)24-10-9-23-13-24/h9-11,13,16-19H,3-8,12H2,1-2H3/t16?,17?,18?,19?,21-,22-/m0/s1. The number of fused-ring (bicyclic) bond motifs is 5. The van der Waals surface area contributed by atoms with Crippen LogP contribution in [0.5, 0.6) is 0 Å². The van der Waals surface area contributed by atoms with E-state index in [1.165, 1.54) is 5.57 Å². The van der Waals surface area contributed by atoms with Crippen LogP contribution in [0.2, 0.25) is 0 Å². The van der Waals surface area contributed by atoms with Gasteiger partial charge in [0.15, 0.2) is 11.6 Å². The van der Waals surface area contributed by atoms with Gasteiger partial charge in [-0.05, 0) is 67.8 Å². The molecule has 3 saturated carbocycles. The Labute approximate surface area is 155 Å². The zero-order valence-electron chi connectivity index (χ0n) is 15.8. The summed E-state index contributed by atoms with van der Waals surface area (Å²) in [5.74, 6) is 2.44. The zero-order chi connectivity index (χ0) is 18.1. The number of hydrogen-bond donors (Lipinski definition) is 0. The van der Waals surface area contributed by atoms with Gasteiger partial charge in [0.05, 0.1) is 12.4 Å². The molecule has 138 valence electrons. The van der Waals surface area contributed by atoms with Crippen molar-refractivity contribution < 1.29 is 9.59 Å². The van der Waals surface area contributed by atoms with Gasteiger partial charge in [0.25, 0.3) is 0 Å². The van der Waals surface area contributed by atoms with Crippen molar-refractivity contribution >= 4 is 11.6 Å². The molecular formula is C22H28N2O2. The van der Waals surface area contributed by atoms with Gasteiger partial charge in [-0.1, -0.05) is 19.4 Å². The second-order valence-electron chi connectivity index (χ2n) is 9.55. The molecule has 4 nitrogen and oxygen atoms in total. The largest absolute Gasteiger partial charge is 0.327 e. The summed E-state index contributed by atoms with van der Waals surface area (Å²) in [4.78, 5) is 29.4. The fourth-order valence-electron chi connectivity index (χ4n) is 7.06. The quantitative estimate of drug-likeness (QED) is 0.763. The van der Waals surface area contributed by atoms with Crippen LogP contribution in [0, 0.1) is 28.6 Å². The van der Waals surface area contributed by atoms with Crippen molar-refractivity contribution in [3.05, 3.63) is 30.4 Å². The lowest BCUT2D eigenvalue weighted by Crippen LogP contribution is -2.50. The molecule has 0 N–H and O–H groups in total. The predicted octanol–water partition coefficient (Wildman–Crippen LogP) is 4.14. The molecule has 3 fully saturated rings. The van der Waals surface area contributed by atoms with Crippen molar-refractivity contribution in [3.63, 3.8) is 0 Å². The van der Waals surface area contributed by atoms with Gasteiger partial charge in [0.1, 0.15) is 0 Å². The monoisotopic (exact) mass is 352 g/mol. The molecule has 0 amide bonds. The Hall–Kier alpha value is -1.71. The number of allylic oxidation sites excluding steroid dienone is 1. The normalized spacial score (nSPS) is 44.9. The fourth-order valence-corrected chi connectivity index (χ4v) is 7.06. The minimum Gasteiger partial charge on any atom is -0.327 e. The highest BCUT2D eigenvalue weighted by Crippen LogP contribution is 2.65. The number of nitrogens with zero attached hydrogens (tertiary/aromatic N) is 2. The van der Waals surface area contributed by atoms with Crippen LogP contribution in [-0.2, 0) is 9.59 Å². The summed E-state index contributed by atoms with van der Waals surface area (Å²) in [6.45, 7) is 4.63. The van der Waals surface area contributed by atoms with Gasteiger partial charge in [-0.15, -0.1) is 0 Å². The van der Waals surface area contributed by atoms with Gasteiger partial charge in [-0.25, -0.2) is 4.98 Å². The maximum Gasteiger partial charge on any atom is 0.161 e. The summed E-state index contributed by atoms with van der Waals surface area (Å²) in [7, 11) is 0. The first-order valence-electron chi connectivity index (χ1n) is 10.2. The molecule has 4 heteroatoms. The van der Waals surface area contributed by atoms with Crippen molar-refractivity contribution in [2.45, 2.75) is 64.8 Å². The number of carbonyl (C=O) groups is 2. The number of imidazole rings is 1. The number of hydrogen-bond acceptors (Lipinski definition) is 3. The fraction of sp³-hybridized carbons (Fsp3) is 0.682. The van der Waals surface area contributed by atoms with Crippen LogP contribution >= 0.6 is 0 Å². The third kappa shape index (κ3) is 2.04. The molecule has 4 unspecified atom stereocenters. The number of ketones is 2. The highest BCUT2D eigenvalue weighted by atomic mass is 16.1. The summed E-state index contributed by atoms with van der Waals surface area (Å²) >= 11 is 0. The highest BCUT2D eigenvalue weighted by Gasteiger charge is 2.61. The molecule has 26 heavy (non-hydrogen) atoms. The zero-order valence-corrected chi connectivity index (χ0v) is 15.8. The van der Waals surface area contributed by atoms with E-state index in [2.05, 4.69) is 18.8 Å². The summed E-state index contributed by atoms with van der Waals surface area (Å²) in [5, 5.41) is 0. The molecule has 1 aromatic rings. The number of rotatable bonds is 1. The molecule has 4 aliphatic carbocycles. The molecule has 0 spiro atoms. The van der Waals surface area contributed by atoms with E-state index < -0.39 is 0 Å². The van der Waals surface area contributed by atoms with E-state index in [9.17, 15) is 9.59 Å². The number of carbonyl (C=O) groups excluding carboxylic acids is 2. The molecule has 4 aliphatic rings. The average Bonchev–Trinajstić information content (AvgIpc) is 3.23. The lowest BCUT2D eigenvalue weighted by molar-refractivity contribution is -0.134. The van der Waals surface area contributed by atoms with E-state index in [1.54, 1.807) is 12.5 Å². The Morgan fingerprint density at radius 1 is 1.08 bits per heavy atom. The Morgan fingerprint density at radius 2 is 1.92 bits per heavy atom. The molecule has 0 aromatic carbocycles. The minimum absolute atomic E-state index is 0.0380. The van der Waals surface area contributed by atoms with Gasteiger partial charge >= 0.3 is 0 Å². The first-order valence-corrected chi connectivity index (χ1v) is 10.2. The maximum absolute atomic E-state index is 13.3. The van der Waals surface area contributed by atoms with Crippen LogP contribution in [0.4, 0.5) is 0 Å². The smallest absolute Gasteiger partial charge is 0.161 e. The molecule has 0 radical (unpaired) electrons. The second kappa shape index (κ2) is 5.40. The highest BCUT2D eigenvalue weighted by molar-refractivity contribution is 5.92. The van der Waals surface area contributed by atoms with E-state index in [1.807, 2.05) is 16.8 Å². The van der Waals surface area contributed by atoms with Crippen molar-refractivity contribution in [2.24, 2.45) is 28.6 Å². The third-order valence-electron chi connectivity index (χ3n) is 8.58.